The molecule has 0 radical (unpaired) electrons. The SMILES string of the molecule is c1ccc2c(c1)NCCOCCOCCOCCOCCNc1ccccc1NCCOCCOCCOCCOCCN2. The highest BCUT2D eigenvalue weighted by atomic mass is 16.6. The first-order valence-electron chi connectivity index (χ1n) is 15.7. The molecule has 12 nitrogen and oxygen atoms in total. The summed E-state index contributed by atoms with van der Waals surface area (Å²) in [5.74, 6) is 0. The molecule has 3 rings (SSSR count). The van der Waals surface area contributed by atoms with Crippen LogP contribution in [0.5, 0.6) is 0 Å². The molecule has 0 aliphatic carbocycles. The number of fused-ring (bicyclic) bond motifs is 2. The molecule has 44 heavy (non-hydrogen) atoms. The van der Waals surface area contributed by atoms with Gasteiger partial charge in [-0.15, -0.1) is 0 Å². The number of benzene rings is 2. The summed E-state index contributed by atoms with van der Waals surface area (Å²) in [6.07, 6.45) is 0. The van der Waals surface area contributed by atoms with Crippen molar-refractivity contribution in [3.63, 3.8) is 0 Å². The molecule has 12 heteroatoms. The van der Waals surface area contributed by atoms with Crippen molar-refractivity contribution in [1.29, 1.82) is 0 Å². The second-order valence-corrected chi connectivity index (χ2v) is 9.70. The molecule has 0 saturated carbocycles. The number of anilines is 4. The average Bonchev–Trinajstić information content (AvgIpc) is 3.05. The van der Waals surface area contributed by atoms with E-state index in [0.717, 1.165) is 22.7 Å². The lowest BCUT2D eigenvalue weighted by molar-refractivity contribution is 0.000256. The highest BCUT2D eigenvalue weighted by Crippen LogP contribution is 2.21. The van der Waals surface area contributed by atoms with Crippen molar-refractivity contribution in [2.45, 2.75) is 0 Å². The monoisotopic (exact) mass is 620 g/mol. The Morgan fingerprint density at radius 3 is 0.659 bits per heavy atom. The quantitative estimate of drug-likeness (QED) is 0.346. The van der Waals surface area contributed by atoms with Crippen molar-refractivity contribution in [3.05, 3.63) is 48.5 Å². The van der Waals surface area contributed by atoms with E-state index >= 15 is 0 Å². The smallest absolute Gasteiger partial charge is 0.0701 e. The molecule has 1 heterocycles. The van der Waals surface area contributed by atoms with Gasteiger partial charge in [0.2, 0.25) is 0 Å². The van der Waals surface area contributed by atoms with E-state index in [9.17, 15) is 0 Å². The third kappa shape index (κ3) is 17.6. The van der Waals surface area contributed by atoms with Crippen molar-refractivity contribution >= 4 is 22.7 Å². The first-order valence-corrected chi connectivity index (χ1v) is 15.7. The molecule has 4 N–H and O–H groups in total. The molecule has 0 bridgehead atoms. The fourth-order valence-corrected chi connectivity index (χ4v) is 4.14. The van der Waals surface area contributed by atoms with Gasteiger partial charge < -0.3 is 59.2 Å². The second kappa shape index (κ2) is 25.6. The van der Waals surface area contributed by atoms with Crippen LogP contribution in [0.3, 0.4) is 0 Å². The molecule has 0 fully saturated rings. The molecule has 2 aromatic rings. The van der Waals surface area contributed by atoms with Gasteiger partial charge in [0.05, 0.1) is 128 Å². The van der Waals surface area contributed by atoms with Crippen LogP contribution in [0, 0.1) is 0 Å². The maximum Gasteiger partial charge on any atom is 0.0701 e. The van der Waals surface area contributed by atoms with Gasteiger partial charge in [0.25, 0.3) is 0 Å². The fraction of sp³-hybridized carbons (Fsp3) is 0.625. The molecule has 1 aliphatic heterocycles. The molecular weight excluding hydrogens is 568 g/mol. The van der Waals surface area contributed by atoms with Crippen molar-refractivity contribution in [2.75, 3.05) is 153 Å². The van der Waals surface area contributed by atoms with Crippen LogP contribution in [0.4, 0.5) is 22.7 Å². The Kier molecular flexibility index (Phi) is 20.8. The number of ether oxygens (including phenoxy) is 8. The lowest BCUT2D eigenvalue weighted by atomic mass is 10.2. The molecule has 0 unspecified atom stereocenters. The number of hydrogen-bond acceptors (Lipinski definition) is 12. The summed E-state index contributed by atoms with van der Waals surface area (Å²) in [4.78, 5) is 0. The van der Waals surface area contributed by atoms with Crippen molar-refractivity contribution in [3.8, 4) is 0 Å². The summed E-state index contributed by atoms with van der Waals surface area (Å²) in [7, 11) is 0. The first kappa shape index (κ1) is 35.8. The summed E-state index contributed by atoms with van der Waals surface area (Å²) in [5, 5.41) is 13.7. The lowest BCUT2D eigenvalue weighted by Crippen LogP contribution is -2.17. The van der Waals surface area contributed by atoms with E-state index in [1.54, 1.807) is 0 Å². The number of rotatable bonds is 0. The van der Waals surface area contributed by atoms with E-state index in [0.29, 0.717) is 132 Å². The second-order valence-electron chi connectivity index (χ2n) is 9.70. The van der Waals surface area contributed by atoms with Crippen LogP contribution in [0.1, 0.15) is 0 Å². The van der Waals surface area contributed by atoms with Crippen LogP contribution in [-0.2, 0) is 37.9 Å². The van der Waals surface area contributed by atoms with Crippen LogP contribution in [0.25, 0.3) is 0 Å². The van der Waals surface area contributed by atoms with Gasteiger partial charge in [0.1, 0.15) is 0 Å². The van der Waals surface area contributed by atoms with E-state index in [1.807, 2.05) is 48.5 Å². The zero-order valence-electron chi connectivity index (χ0n) is 26.0. The molecule has 0 spiro atoms. The number of para-hydroxylation sites is 4. The molecule has 0 saturated heterocycles. The number of nitrogens with one attached hydrogen (secondary N) is 4. The third-order valence-corrected chi connectivity index (χ3v) is 6.33. The van der Waals surface area contributed by atoms with Gasteiger partial charge in [-0.3, -0.25) is 0 Å². The minimum Gasteiger partial charge on any atom is -0.381 e. The summed E-state index contributed by atoms with van der Waals surface area (Å²) < 4.78 is 45.1. The molecular formula is C32H52N4O8. The summed E-state index contributed by atoms with van der Waals surface area (Å²) in [5.41, 5.74) is 4.12. The van der Waals surface area contributed by atoms with Gasteiger partial charge in [-0.25, -0.2) is 0 Å². The highest BCUT2D eigenvalue weighted by molar-refractivity contribution is 5.69. The predicted molar refractivity (Wildman–Crippen MR) is 173 cm³/mol. The molecule has 0 amide bonds. The van der Waals surface area contributed by atoms with E-state index in [-0.39, 0.29) is 0 Å². The maximum absolute atomic E-state index is 5.68. The van der Waals surface area contributed by atoms with Gasteiger partial charge in [-0.1, -0.05) is 24.3 Å². The maximum atomic E-state index is 5.68. The van der Waals surface area contributed by atoms with E-state index in [1.165, 1.54) is 0 Å². The van der Waals surface area contributed by atoms with E-state index in [4.69, 9.17) is 37.9 Å². The Morgan fingerprint density at radius 1 is 0.273 bits per heavy atom. The largest absolute Gasteiger partial charge is 0.381 e. The Labute approximate surface area is 262 Å². The van der Waals surface area contributed by atoms with Crippen LogP contribution in [0.15, 0.2) is 48.5 Å². The normalized spacial score (nSPS) is 19.8. The Balaban J connectivity index is 1.31. The molecule has 1 aliphatic rings. The minimum atomic E-state index is 0.529. The van der Waals surface area contributed by atoms with E-state index < -0.39 is 0 Å². The zero-order valence-corrected chi connectivity index (χ0v) is 26.0. The molecule has 248 valence electrons. The zero-order chi connectivity index (χ0) is 30.6. The van der Waals surface area contributed by atoms with Gasteiger partial charge in [0.15, 0.2) is 0 Å². The van der Waals surface area contributed by atoms with Gasteiger partial charge in [-0.2, -0.15) is 0 Å². The van der Waals surface area contributed by atoms with Gasteiger partial charge in [0, 0.05) is 26.2 Å². The molecule has 0 aromatic heterocycles. The standard InChI is InChI=1S/C32H52N4O8/c1-2-6-30-29(5-1)33-9-13-37-17-21-41-25-26-43-23-19-39-15-11-35-31-7-3-4-8-32(31)36-12-16-40-20-24-44-28-27-42-22-18-38-14-10-34-30/h1-8,33-36H,9-28H2. The Bertz CT molecular complexity index is 808. The fourth-order valence-electron chi connectivity index (χ4n) is 4.14. The van der Waals surface area contributed by atoms with Crippen LogP contribution in [0.2, 0.25) is 0 Å². The summed E-state index contributed by atoms with van der Waals surface area (Å²) in [6, 6.07) is 16.2. The predicted octanol–water partition coefficient (Wildman–Crippen LogP) is 3.18. The van der Waals surface area contributed by atoms with Gasteiger partial charge >= 0.3 is 0 Å². The Morgan fingerprint density at radius 2 is 0.455 bits per heavy atom. The molecule has 2 aromatic carbocycles. The lowest BCUT2D eigenvalue weighted by Gasteiger charge is -2.14. The average molecular weight is 621 g/mol. The topological polar surface area (TPSA) is 122 Å². The van der Waals surface area contributed by atoms with Crippen molar-refractivity contribution < 1.29 is 37.9 Å². The highest BCUT2D eigenvalue weighted by Gasteiger charge is 2.03. The number of hydrogen-bond donors (Lipinski definition) is 4. The summed E-state index contributed by atoms with van der Waals surface area (Å²) in [6.45, 7) is 11.6. The van der Waals surface area contributed by atoms with Crippen LogP contribution in [-0.4, -0.2) is 132 Å². The van der Waals surface area contributed by atoms with Crippen LogP contribution >= 0.6 is 0 Å². The van der Waals surface area contributed by atoms with Crippen LogP contribution < -0.4 is 21.3 Å². The van der Waals surface area contributed by atoms with Crippen molar-refractivity contribution in [1.82, 2.24) is 0 Å². The third-order valence-electron chi connectivity index (χ3n) is 6.33. The Hall–Kier alpha value is -2.68. The van der Waals surface area contributed by atoms with E-state index in [2.05, 4.69) is 21.3 Å². The van der Waals surface area contributed by atoms with Crippen molar-refractivity contribution in [2.24, 2.45) is 0 Å². The summed E-state index contributed by atoms with van der Waals surface area (Å²) >= 11 is 0. The molecule has 0 atom stereocenters. The minimum absolute atomic E-state index is 0.529. The first-order chi connectivity index (χ1) is 21.9. The van der Waals surface area contributed by atoms with Gasteiger partial charge in [-0.05, 0) is 24.3 Å².